The molecule has 6 nitrogen and oxygen atoms in total. The lowest BCUT2D eigenvalue weighted by Crippen LogP contribution is -2.41. The van der Waals surface area contributed by atoms with Gasteiger partial charge in [0.25, 0.3) is 5.91 Å². The van der Waals surface area contributed by atoms with Crippen LogP contribution in [-0.4, -0.2) is 11.8 Å². The number of furan rings is 2. The highest BCUT2D eigenvalue weighted by molar-refractivity contribution is 6.31. The lowest BCUT2D eigenvalue weighted by molar-refractivity contribution is 0.0831. The number of benzene rings is 1. The quantitative estimate of drug-likeness (QED) is 0.711. The van der Waals surface area contributed by atoms with Gasteiger partial charge in [0, 0.05) is 10.4 Å². The van der Waals surface area contributed by atoms with E-state index in [1.54, 1.807) is 31.2 Å². The van der Waals surface area contributed by atoms with Crippen LogP contribution in [0.25, 0.3) is 11.0 Å². The zero-order valence-electron chi connectivity index (χ0n) is 11.5. The Morgan fingerprint density at radius 3 is 2.59 bits per heavy atom. The van der Waals surface area contributed by atoms with Crippen LogP contribution in [0.1, 0.15) is 26.7 Å². The molecule has 0 spiro atoms. The highest BCUT2D eigenvalue weighted by Crippen LogP contribution is 2.22. The van der Waals surface area contributed by atoms with Crippen LogP contribution < -0.4 is 10.9 Å². The first-order valence-electron chi connectivity index (χ1n) is 6.38. The number of hydrogen-bond donors (Lipinski definition) is 2. The van der Waals surface area contributed by atoms with Crippen molar-refractivity contribution >= 4 is 34.4 Å². The maximum atomic E-state index is 12.0. The van der Waals surface area contributed by atoms with Crippen LogP contribution >= 0.6 is 11.6 Å². The summed E-state index contributed by atoms with van der Waals surface area (Å²) in [6.45, 7) is 1.65. The summed E-state index contributed by atoms with van der Waals surface area (Å²) < 4.78 is 10.4. The number of halogens is 1. The zero-order valence-corrected chi connectivity index (χ0v) is 12.2. The molecule has 0 atom stereocenters. The summed E-state index contributed by atoms with van der Waals surface area (Å²) in [5.41, 5.74) is 5.46. The SMILES string of the molecule is Cc1occc1C(=O)NNC(=O)c1cc2cc(Cl)ccc2o1. The molecule has 0 bridgehead atoms. The van der Waals surface area contributed by atoms with Crippen molar-refractivity contribution in [1.82, 2.24) is 10.9 Å². The summed E-state index contributed by atoms with van der Waals surface area (Å²) in [7, 11) is 0. The van der Waals surface area contributed by atoms with Crippen molar-refractivity contribution in [2.24, 2.45) is 0 Å². The molecule has 112 valence electrons. The van der Waals surface area contributed by atoms with Gasteiger partial charge < -0.3 is 8.83 Å². The summed E-state index contributed by atoms with van der Waals surface area (Å²) in [5, 5.41) is 1.25. The normalized spacial score (nSPS) is 10.6. The maximum absolute atomic E-state index is 12.0. The highest BCUT2D eigenvalue weighted by atomic mass is 35.5. The first-order valence-corrected chi connectivity index (χ1v) is 6.76. The second-order valence-corrected chi connectivity index (χ2v) is 5.03. The molecule has 0 aliphatic carbocycles. The van der Waals surface area contributed by atoms with Crippen LogP contribution in [0.3, 0.4) is 0 Å². The minimum absolute atomic E-state index is 0.0708. The third kappa shape index (κ3) is 2.68. The maximum Gasteiger partial charge on any atom is 0.305 e. The Bertz CT molecular complexity index is 865. The van der Waals surface area contributed by atoms with Crippen molar-refractivity contribution in [3.8, 4) is 0 Å². The molecule has 0 fully saturated rings. The smallest absolute Gasteiger partial charge is 0.305 e. The van der Waals surface area contributed by atoms with Crippen molar-refractivity contribution in [2.75, 3.05) is 0 Å². The van der Waals surface area contributed by atoms with E-state index in [1.807, 2.05) is 0 Å². The molecule has 3 aromatic rings. The fourth-order valence-corrected chi connectivity index (χ4v) is 2.17. The number of hydrogen-bond acceptors (Lipinski definition) is 4. The molecule has 0 aliphatic rings. The number of aryl methyl sites for hydroxylation is 1. The molecule has 22 heavy (non-hydrogen) atoms. The molecule has 0 aliphatic heterocycles. The molecule has 7 heteroatoms. The summed E-state index contributed by atoms with van der Waals surface area (Å²) in [4.78, 5) is 23.8. The minimum Gasteiger partial charge on any atom is -0.469 e. The van der Waals surface area contributed by atoms with Gasteiger partial charge in [0.2, 0.25) is 0 Å². The van der Waals surface area contributed by atoms with Gasteiger partial charge >= 0.3 is 5.91 Å². The molecule has 2 aromatic heterocycles. The fraction of sp³-hybridized carbons (Fsp3) is 0.0667. The van der Waals surface area contributed by atoms with E-state index in [0.717, 1.165) is 0 Å². The summed E-state index contributed by atoms with van der Waals surface area (Å²) in [6.07, 6.45) is 1.40. The molecule has 2 N–H and O–H groups in total. The topological polar surface area (TPSA) is 84.5 Å². The summed E-state index contributed by atoms with van der Waals surface area (Å²) >= 11 is 5.87. The predicted octanol–water partition coefficient (Wildman–Crippen LogP) is 3.06. The number of hydrazine groups is 1. The van der Waals surface area contributed by atoms with Crippen LogP contribution in [0, 0.1) is 6.92 Å². The average Bonchev–Trinajstić information content (AvgIpc) is 3.09. The van der Waals surface area contributed by atoms with Crippen molar-refractivity contribution in [2.45, 2.75) is 6.92 Å². The van der Waals surface area contributed by atoms with Gasteiger partial charge in [-0.2, -0.15) is 0 Å². The van der Waals surface area contributed by atoms with Crippen molar-refractivity contribution < 1.29 is 18.4 Å². The van der Waals surface area contributed by atoms with E-state index >= 15 is 0 Å². The van der Waals surface area contributed by atoms with Crippen LogP contribution in [0.4, 0.5) is 0 Å². The highest BCUT2D eigenvalue weighted by Gasteiger charge is 2.15. The van der Waals surface area contributed by atoms with Crippen molar-refractivity contribution in [3.63, 3.8) is 0 Å². The van der Waals surface area contributed by atoms with Crippen LogP contribution in [0.5, 0.6) is 0 Å². The molecule has 0 saturated carbocycles. The van der Waals surface area contributed by atoms with Crippen molar-refractivity contribution in [3.05, 3.63) is 58.7 Å². The number of amides is 2. The number of carbonyl (C=O) groups is 2. The Morgan fingerprint density at radius 2 is 1.86 bits per heavy atom. The first-order chi connectivity index (χ1) is 10.5. The Morgan fingerprint density at radius 1 is 1.09 bits per heavy atom. The summed E-state index contributed by atoms with van der Waals surface area (Å²) in [5.74, 6) is -0.507. The third-order valence-electron chi connectivity index (χ3n) is 3.10. The van der Waals surface area contributed by atoms with Gasteiger partial charge in [0.1, 0.15) is 11.3 Å². The Kier molecular flexibility index (Phi) is 3.60. The molecule has 1 aromatic carbocycles. The molecule has 2 amide bonds. The van der Waals surface area contributed by atoms with Gasteiger partial charge in [-0.25, -0.2) is 0 Å². The molecule has 0 radical (unpaired) electrons. The van der Waals surface area contributed by atoms with Crippen LogP contribution in [0.2, 0.25) is 5.02 Å². The van der Waals surface area contributed by atoms with Crippen LogP contribution in [0.15, 0.2) is 45.4 Å². The van der Waals surface area contributed by atoms with E-state index in [1.165, 1.54) is 12.3 Å². The second-order valence-electron chi connectivity index (χ2n) is 4.59. The number of rotatable bonds is 2. The van der Waals surface area contributed by atoms with E-state index < -0.39 is 11.8 Å². The molecule has 0 unspecified atom stereocenters. The Labute approximate surface area is 130 Å². The van der Waals surface area contributed by atoms with Gasteiger partial charge in [-0.1, -0.05) is 11.6 Å². The van der Waals surface area contributed by atoms with Gasteiger partial charge in [0.05, 0.1) is 11.8 Å². The molecule has 2 heterocycles. The molecular formula is C15H11ClN2O4. The lowest BCUT2D eigenvalue weighted by Gasteiger charge is -2.04. The minimum atomic E-state index is -0.568. The number of nitrogens with one attached hydrogen (secondary N) is 2. The van der Waals surface area contributed by atoms with E-state index in [9.17, 15) is 9.59 Å². The fourth-order valence-electron chi connectivity index (χ4n) is 1.99. The van der Waals surface area contributed by atoms with Gasteiger partial charge in [-0.15, -0.1) is 0 Å². The average molecular weight is 319 g/mol. The zero-order chi connectivity index (χ0) is 15.7. The molecule has 3 rings (SSSR count). The predicted molar refractivity (Wildman–Crippen MR) is 79.6 cm³/mol. The van der Waals surface area contributed by atoms with E-state index in [2.05, 4.69) is 10.9 Å². The Hall–Kier alpha value is -2.73. The first kappa shape index (κ1) is 14.2. The largest absolute Gasteiger partial charge is 0.469 e. The molecular weight excluding hydrogens is 308 g/mol. The van der Waals surface area contributed by atoms with Crippen molar-refractivity contribution in [1.29, 1.82) is 0 Å². The van der Waals surface area contributed by atoms with Crippen LogP contribution in [-0.2, 0) is 0 Å². The second kappa shape index (κ2) is 5.57. The van der Waals surface area contributed by atoms with E-state index in [0.29, 0.717) is 27.3 Å². The van der Waals surface area contributed by atoms with Gasteiger partial charge in [0.15, 0.2) is 5.76 Å². The molecule has 0 saturated heterocycles. The van der Waals surface area contributed by atoms with Gasteiger partial charge in [-0.3, -0.25) is 20.4 Å². The number of fused-ring (bicyclic) bond motifs is 1. The number of carbonyl (C=O) groups excluding carboxylic acids is 2. The monoisotopic (exact) mass is 318 g/mol. The van der Waals surface area contributed by atoms with E-state index in [4.69, 9.17) is 20.4 Å². The Balaban J connectivity index is 1.71. The van der Waals surface area contributed by atoms with E-state index in [-0.39, 0.29) is 5.76 Å². The third-order valence-corrected chi connectivity index (χ3v) is 3.33. The summed E-state index contributed by atoms with van der Waals surface area (Å²) in [6, 6.07) is 8.08. The standard InChI is InChI=1S/C15H11ClN2O4/c1-8-11(4-5-21-8)14(19)17-18-15(20)13-7-9-6-10(16)2-3-12(9)22-13/h2-7H,1H3,(H,17,19)(H,18,20). The lowest BCUT2D eigenvalue weighted by atomic mass is 10.2. The van der Waals surface area contributed by atoms with Gasteiger partial charge in [-0.05, 0) is 37.3 Å².